The summed E-state index contributed by atoms with van der Waals surface area (Å²) in [5, 5.41) is 6.98. The van der Waals surface area contributed by atoms with E-state index in [4.69, 9.17) is 4.74 Å². The summed E-state index contributed by atoms with van der Waals surface area (Å²) in [5.41, 5.74) is 1.16. The van der Waals surface area contributed by atoms with Gasteiger partial charge >= 0.3 is 0 Å². The van der Waals surface area contributed by atoms with Gasteiger partial charge in [-0.25, -0.2) is 13.1 Å². The number of aromatic nitrogens is 2. The summed E-state index contributed by atoms with van der Waals surface area (Å²) >= 11 is 0. The normalized spacial score (nSPS) is 19.1. The van der Waals surface area contributed by atoms with Gasteiger partial charge in [0, 0.05) is 12.7 Å². The highest BCUT2D eigenvalue weighted by Gasteiger charge is 2.28. The van der Waals surface area contributed by atoms with Crippen LogP contribution in [0.15, 0.2) is 36.7 Å². The van der Waals surface area contributed by atoms with Crippen molar-refractivity contribution in [2.45, 2.75) is 6.42 Å². The molecule has 2 aromatic rings. The molecule has 1 N–H and O–H groups in total. The average molecular weight is 349 g/mol. The van der Waals surface area contributed by atoms with E-state index in [2.05, 4.69) is 10.4 Å². The third-order valence-corrected chi connectivity index (χ3v) is 5.89. The molecule has 1 atom stereocenters. The molecule has 1 aromatic carbocycles. The standard InChI is InChI=1S/C16H19N3O4S/c1-23-15-5-3-2-4-14(15)19-10-13(9-18-19)16(20)17-8-12-6-7-24(21,22)11-12/h2-5,9-10,12H,6-8,11H2,1H3,(H,17,20)/t12-/m0/s1. The van der Waals surface area contributed by atoms with Crippen LogP contribution in [0.1, 0.15) is 16.8 Å². The molecule has 0 spiro atoms. The molecule has 24 heavy (non-hydrogen) atoms. The van der Waals surface area contributed by atoms with E-state index < -0.39 is 9.84 Å². The molecule has 0 radical (unpaired) electrons. The number of ether oxygens (including phenoxy) is 1. The Kier molecular flexibility index (Phi) is 4.57. The van der Waals surface area contributed by atoms with Crippen LogP contribution in [0.25, 0.3) is 5.69 Å². The number of rotatable bonds is 5. The van der Waals surface area contributed by atoms with Crippen LogP contribution in [0.4, 0.5) is 0 Å². The molecule has 128 valence electrons. The van der Waals surface area contributed by atoms with Crippen LogP contribution >= 0.6 is 0 Å². The van der Waals surface area contributed by atoms with E-state index in [9.17, 15) is 13.2 Å². The zero-order valence-corrected chi connectivity index (χ0v) is 14.1. The summed E-state index contributed by atoms with van der Waals surface area (Å²) in [6, 6.07) is 7.38. The quantitative estimate of drug-likeness (QED) is 0.871. The topological polar surface area (TPSA) is 90.3 Å². The molecule has 7 nitrogen and oxygen atoms in total. The first kappa shape index (κ1) is 16.5. The van der Waals surface area contributed by atoms with Crippen LogP contribution in [0, 0.1) is 5.92 Å². The van der Waals surface area contributed by atoms with Crippen LogP contribution in [0.3, 0.4) is 0 Å². The van der Waals surface area contributed by atoms with Gasteiger partial charge in [0.05, 0.1) is 30.4 Å². The number of benzene rings is 1. The molecular formula is C16H19N3O4S. The predicted molar refractivity (Wildman–Crippen MR) is 89.2 cm³/mol. The molecule has 0 bridgehead atoms. The molecule has 8 heteroatoms. The number of amides is 1. The minimum atomic E-state index is -2.93. The molecule has 1 aliphatic rings. The van der Waals surface area contributed by atoms with Gasteiger partial charge in [-0.15, -0.1) is 0 Å². The lowest BCUT2D eigenvalue weighted by Crippen LogP contribution is -2.29. The lowest BCUT2D eigenvalue weighted by Gasteiger charge is -2.09. The Hall–Kier alpha value is -2.35. The van der Waals surface area contributed by atoms with Gasteiger partial charge in [-0.05, 0) is 24.5 Å². The Labute approximate surface area is 140 Å². The maximum absolute atomic E-state index is 12.2. The smallest absolute Gasteiger partial charge is 0.254 e. The fraction of sp³-hybridized carbons (Fsp3) is 0.375. The zero-order chi connectivity index (χ0) is 17.2. The fourth-order valence-electron chi connectivity index (χ4n) is 2.76. The second-order valence-electron chi connectivity index (χ2n) is 5.82. The second kappa shape index (κ2) is 6.64. The van der Waals surface area contributed by atoms with Gasteiger partial charge in [-0.1, -0.05) is 12.1 Å². The van der Waals surface area contributed by atoms with Gasteiger partial charge in [0.1, 0.15) is 11.4 Å². The first-order valence-electron chi connectivity index (χ1n) is 7.65. The van der Waals surface area contributed by atoms with Gasteiger partial charge in [0.25, 0.3) is 5.91 Å². The van der Waals surface area contributed by atoms with Crippen molar-refractivity contribution in [3.8, 4) is 11.4 Å². The second-order valence-corrected chi connectivity index (χ2v) is 8.05. The van der Waals surface area contributed by atoms with Gasteiger partial charge < -0.3 is 10.1 Å². The van der Waals surface area contributed by atoms with Gasteiger partial charge in [0.2, 0.25) is 0 Å². The Balaban J connectivity index is 1.66. The van der Waals surface area contributed by atoms with Crippen LogP contribution in [0.5, 0.6) is 5.75 Å². The molecule has 0 unspecified atom stereocenters. The van der Waals surface area contributed by atoms with E-state index in [-0.39, 0.29) is 23.3 Å². The Bertz CT molecular complexity index is 845. The van der Waals surface area contributed by atoms with Crippen molar-refractivity contribution < 1.29 is 17.9 Å². The molecule has 2 heterocycles. The van der Waals surface area contributed by atoms with Crippen molar-refractivity contribution in [3.63, 3.8) is 0 Å². The molecular weight excluding hydrogens is 330 g/mol. The zero-order valence-electron chi connectivity index (χ0n) is 13.3. The van der Waals surface area contributed by atoms with E-state index in [0.29, 0.717) is 24.3 Å². The van der Waals surface area contributed by atoms with Crippen molar-refractivity contribution in [1.29, 1.82) is 0 Å². The fourth-order valence-corrected chi connectivity index (χ4v) is 4.62. The maximum atomic E-state index is 12.2. The number of carbonyl (C=O) groups is 1. The van der Waals surface area contributed by atoms with Crippen molar-refractivity contribution in [2.24, 2.45) is 5.92 Å². The number of carbonyl (C=O) groups excluding carboxylic acids is 1. The summed E-state index contributed by atoms with van der Waals surface area (Å²) in [4.78, 5) is 12.2. The van der Waals surface area contributed by atoms with Crippen molar-refractivity contribution in [1.82, 2.24) is 15.1 Å². The number of nitrogens with zero attached hydrogens (tertiary/aromatic N) is 2. The Morgan fingerprint density at radius 2 is 2.21 bits per heavy atom. The summed E-state index contributed by atoms with van der Waals surface area (Å²) < 4.78 is 29.7. The molecule has 1 aromatic heterocycles. The molecule has 1 aliphatic heterocycles. The summed E-state index contributed by atoms with van der Waals surface area (Å²) in [6.45, 7) is 0.359. The molecule has 0 aliphatic carbocycles. The Morgan fingerprint density at radius 1 is 1.42 bits per heavy atom. The number of nitrogens with one attached hydrogen (secondary N) is 1. The predicted octanol–water partition coefficient (Wildman–Crippen LogP) is 1.05. The highest BCUT2D eigenvalue weighted by Crippen LogP contribution is 2.21. The van der Waals surface area contributed by atoms with Crippen molar-refractivity contribution in [3.05, 3.63) is 42.2 Å². The van der Waals surface area contributed by atoms with Gasteiger partial charge in [0.15, 0.2) is 9.84 Å². The molecule has 1 saturated heterocycles. The van der Waals surface area contributed by atoms with E-state index in [1.165, 1.54) is 6.20 Å². The minimum Gasteiger partial charge on any atom is -0.494 e. The van der Waals surface area contributed by atoms with E-state index >= 15 is 0 Å². The molecule has 1 amide bonds. The first-order chi connectivity index (χ1) is 11.5. The molecule has 0 saturated carbocycles. The Morgan fingerprint density at radius 3 is 2.92 bits per heavy atom. The summed E-state index contributed by atoms with van der Waals surface area (Å²) in [7, 11) is -1.35. The summed E-state index contributed by atoms with van der Waals surface area (Å²) in [6.07, 6.45) is 3.70. The third-order valence-electron chi connectivity index (χ3n) is 4.05. The van der Waals surface area contributed by atoms with E-state index in [1.807, 2.05) is 24.3 Å². The first-order valence-corrected chi connectivity index (χ1v) is 9.47. The molecule has 3 rings (SSSR count). The van der Waals surface area contributed by atoms with Crippen LogP contribution in [-0.4, -0.2) is 49.3 Å². The lowest BCUT2D eigenvalue weighted by molar-refractivity contribution is 0.0948. The SMILES string of the molecule is COc1ccccc1-n1cc(C(=O)NC[C@@H]2CCS(=O)(=O)C2)cn1. The van der Waals surface area contributed by atoms with Crippen LogP contribution < -0.4 is 10.1 Å². The number of methoxy groups -OCH3 is 1. The number of sulfone groups is 1. The highest BCUT2D eigenvalue weighted by molar-refractivity contribution is 7.91. The monoisotopic (exact) mass is 349 g/mol. The number of hydrogen-bond acceptors (Lipinski definition) is 5. The minimum absolute atomic E-state index is 0.0109. The van der Waals surface area contributed by atoms with Crippen molar-refractivity contribution in [2.75, 3.05) is 25.2 Å². The summed E-state index contributed by atoms with van der Waals surface area (Å²) in [5.74, 6) is 0.736. The van der Waals surface area contributed by atoms with Crippen molar-refractivity contribution >= 4 is 15.7 Å². The maximum Gasteiger partial charge on any atom is 0.254 e. The lowest BCUT2D eigenvalue weighted by atomic mass is 10.1. The molecule has 1 fully saturated rings. The number of hydrogen-bond donors (Lipinski definition) is 1. The van der Waals surface area contributed by atoms with Crippen LogP contribution in [-0.2, 0) is 9.84 Å². The number of para-hydroxylation sites is 2. The van der Waals surface area contributed by atoms with Gasteiger partial charge in [-0.3, -0.25) is 4.79 Å². The van der Waals surface area contributed by atoms with Crippen LogP contribution in [0.2, 0.25) is 0 Å². The average Bonchev–Trinajstić information content (AvgIpc) is 3.19. The van der Waals surface area contributed by atoms with Gasteiger partial charge in [-0.2, -0.15) is 5.10 Å². The third kappa shape index (κ3) is 3.59. The largest absolute Gasteiger partial charge is 0.494 e. The highest BCUT2D eigenvalue weighted by atomic mass is 32.2. The van der Waals surface area contributed by atoms with E-state index in [0.717, 1.165) is 5.69 Å². The van der Waals surface area contributed by atoms with E-state index in [1.54, 1.807) is 18.0 Å².